The second-order valence-electron chi connectivity index (χ2n) is 2.12. The van der Waals surface area contributed by atoms with Crippen molar-refractivity contribution in [3.05, 3.63) is 43.3 Å². The number of benzene rings is 1. The number of rotatable bonds is 1. The minimum absolute atomic E-state index is 0.238. The van der Waals surface area contributed by atoms with Crippen molar-refractivity contribution < 1.29 is 5.11 Å². The molecule has 10 heavy (non-hydrogen) atoms. The fourth-order valence-corrected chi connectivity index (χ4v) is 0.773. The summed E-state index contributed by atoms with van der Waals surface area (Å²) in [4.78, 5) is 0. The van der Waals surface area contributed by atoms with Gasteiger partial charge in [-0.2, -0.15) is 0 Å². The second-order valence-corrected chi connectivity index (χ2v) is 2.12. The highest BCUT2D eigenvalue weighted by Gasteiger charge is 1.97. The standard InChI is InChI=1S/C9H9O/c1-7(2)8-5-3-4-6-9(8)10/h3-6,10H,1-2H2. The van der Waals surface area contributed by atoms with Crippen LogP contribution in [0.1, 0.15) is 5.56 Å². The van der Waals surface area contributed by atoms with Gasteiger partial charge in [0.2, 0.25) is 0 Å². The molecule has 0 fully saturated rings. The van der Waals surface area contributed by atoms with Gasteiger partial charge in [-0.1, -0.05) is 24.8 Å². The monoisotopic (exact) mass is 133 g/mol. The lowest BCUT2D eigenvalue weighted by molar-refractivity contribution is 0.474. The van der Waals surface area contributed by atoms with E-state index in [1.807, 2.05) is 6.07 Å². The average molecular weight is 133 g/mol. The first-order valence-electron chi connectivity index (χ1n) is 3.01. The van der Waals surface area contributed by atoms with Crippen LogP contribution in [0.4, 0.5) is 0 Å². The molecule has 1 N–H and O–H groups in total. The van der Waals surface area contributed by atoms with Crippen LogP contribution in [0.25, 0.3) is 5.57 Å². The molecule has 0 bridgehead atoms. The van der Waals surface area contributed by atoms with Crippen LogP contribution in [0, 0.1) is 6.92 Å². The summed E-state index contributed by atoms with van der Waals surface area (Å²) in [6.45, 7) is 7.23. The highest BCUT2D eigenvalue weighted by Crippen LogP contribution is 2.21. The Bertz CT molecular complexity index is 251. The van der Waals surface area contributed by atoms with E-state index in [1.54, 1.807) is 18.2 Å². The highest BCUT2D eigenvalue weighted by atomic mass is 16.3. The molecule has 0 amide bonds. The van der Waals surface area contributed by atoms with Gasteiger partial charge < -0.3 is 5.11 Å². The predicted octanol–water partition coefficient (Wildman–Crippen LogP) is 2.24. The van der Waals surface area contributed by atoms with Crippen LogP contribution in [0.3, 0.4) is 0 Å². The SMILES string of the molecule is [CH2]C(=C)c1ccccc1O. The molecule has 51 valence electrons. The van der Waals surface area contributed by atoms with Crippen LogP contribution in [0.15, 0.2) is 30.8 Å². The molecule has 1 heteroatoms. The number of hydrogen-bond donors (Lipinski definition) is 1. The van der Waals surface area contributed by atoms with E-state index in [2.05, 4.69) is 13.5 Å². The second kappa shape index (κ2) is 2.56. The summed E-state index contributed by atoms with van der Waals surface area (Å²) < 4.78 is 0. The fourth-order valence-electron chi connectivity index (χ4n) is 0.773. The van der Waals surface area contributed by atoms with Crippen molar-refractivity contribution in [2.75, 3.05) is 0 Å². The molecule has 1 radical (unpaired) electrons. The topological polar surface area (TPSA) is 20.2 Å². The summed E-state index contributed by atoms with van der Waals surface area (Å²) in [7, 11) is 0. The predicted molar refractivity (Wildman–Crippen MR) is 42.5 cm³/mol. The molecule has 1 rings (SSSR count). The van der Waals surface area contributed by atoms with Gasteiger partial charge >= 0.3 is 0 Å². The Morgan fingerprint density at radius 1 is 1.30 bits per heavy atom. The molecule has 1 aromatic carbocycles. The molecule has 0 spiro atoms. The van der Waals surface area contributed by atoms with Crippen molar-refractivity contribution in [1.82, 2.24) is 0 Å². The summed E-state index contributed by atoms with van der Waals surface area (Å²) in [5.41, 5.74) is 1.35. The molecule has 0 aliphatic heterocycles. The number of allylic oxidation sites excluding steroid dienone is 1. The molecule has 0 aliphatic rings. The molecule has 1 nitrogen and oxygen atoms in total. The van der Waals surface area contributed by atoms with Gasteiger partial charge in [0.1, 0.15) is 5.75 Å². The van der Waals surface area contributed by atoms with E-state index in [0.29, 0.717) is 11.1 Å². The summed E-state index contributed by atoms with van der Waals surface area (Å²) in [6.07, 6.45) is 0. The molecule has 0 aliphatic carbocycles. The third kappa shape index (κ3) is 1.18. The van der Waals surface area contributed by atoms with E-state index in [0.717, 1.165) is 0 Å². The van der Waals surface area contributed by atoms with Crippen molar-refractivity contribution in [3.63, 3.8) is 0 Å². The lowest BCUT2D eigenvalue weighted by Gasteiger charge is -2.00. The number of phenols is 1. The van der Waals surface area contributed by atoms with Crippen molar-refractivity contribution in [1.29, 1.82) is 0 Å². The lowest BCUT2D eigenvalue weighted by Crippen LogP contribution is -1.77. The van der Waals surface area contributed by atoms with Crippen molar-refractivity contribution >= 4 is 5.57 Å². The van der Waals surface area contributed by atoms with Gasteiger partial charge in [0, 0.05) is 5.56 Å². The van der Waals surface area contributed by atoms with Crippen LogP contribution in [-0.4, -0.2) is 5.11 Å². The van der Waals surface area contributed by atoms with E-state index in [9.17, 15) is 5.11 Å². The van der Waals surface area contributed by atoms with E-state index in [-0.39, 0.29) is 5.75 Å². The zero-order valence-electron chi connectivity index (χ0n) is 5.67. The van der Waals surface area contributed by atoms with Gasteiger partial charge in [0.25, 0.3) is 0 Å². The minimum Gasteiger partial charge on any atom is -0.507 e. The van der Waals surface area contributed by atoms with Gasteiger partial charge in [0.15, 0.2) is 0 Å². The van der Waals surface area contributed by atoms with Crippen molar-refractivity contribution in [2.24, 2.45) is 0 Å². The first-order chi connectivity index (χ1) is 4.72. The maximum absolute atomic E-state index is 9.18. The molecule has 0 heterocycles. The molecule has 1 aromatic rings. The zero-order valence-corrected chi connectivity index (χ0v) is 5.67. The summed E-state index contributed by atoms with van der Waals surface area (Å²) in [6, 6.07) is 7.00. The Balaban J connectivity index is 3.15. The summed E-state index contributed by atoms with van der Waals surface area (Å²) >= 11 is 0. The van der Waals surface area contributed by atoms with E-state index in [4.69, 9.17) is 0 Å². The molecule has 0 saturated carbocycles. The normalized spacial score (nSPS) is 9.30. The smallest absolute Gasteiger partial charge is 0.123 e. The summed E-state index contributed by atoms with van der Waals surface area (Å²) in [5.74, 6) is 0.238. The minimum atomic E-state index is 0.238. The lowest BCUT2D eigenvalue weighted by atomic mass is 10.1. The summed E-state index contributed by atoms with van der Waals surface area (Å²) in [5, 5.41) is 9.18. The molecule has 0 unspecified atom stereocenters. The fraction of sp³-hybridized carbons (Fsp3) is 0. The molecular formula is C9H9O. The first-order valence-corrected chi connectivity index (χ1v) is 3.01. The van der Waals surface area contributed by atoms with E-state index >= 15 is 0 Å². The number of hydrogen-bond acceptors (Lipinski definition) is 1. The molecule has 0 aromatic heterocycles. The van der Waals surface area contributed by atoms with Crippen LogP contribution >= 0.6 is 0 Å². The first kappa shape index (κ1) is 6.87. The maximum Gasteiger partial charge on any atom is 0.123 e. The van der Waals surface area contributed by atoms with Crippen LogP contribution in [-0.2, 0) is 0 Å². The quantitative estimate of drug-likeness (QED) is 0.622. The highest BCUT2D eigenvalue weighted by molar-refractivity contribution is 5.70. The Hall–Kier alpha value is -1.24. The molecular weight excluding hydrogens is 124 g/mol. The maximum atomic E-state index is 9.18. The van der Waals surface area contributed by atoms with Gasteiger partial charge in [-0.15, -0.1) is 0 Å². The van der Waals surface area contributed by atoms with Crippen LogP contribution < -0.4 is 0 Å². The Kier molecular flexibility index (Phi) is 1.76. The average Bonchev–Trinajstić information content (AvgIpc) is 1.88. The van der Waals surface area contributed by atoms with E-state index in [1.165, 1.54) is 0 Å². The van der Waals surface area contributed by atoms with Gasteiger partial charge in [-0.05, 0) is 18.6 Å². The molecule has 0 atom stereocenters. The van der Waals surface area contributed by atoms with Gasteiger partial charge in [0.05, 0.1) is 0 Å². The largest absolute Gasteiger partial charge is 0.507 e. The third-order valence-electron chi connectivity index (χ3n) is 1.28. The number of aromatic hydroxyl groups is 1. The molecule has 0 saturated heterocycles. The number of para-hydroxylation sites is 1. The number of phenolic OH excluding ortho intramolecular Hbond substituents is 1. The Morgan fingerprint density at radius 2 is 1.90 bits per heavy atom. The van der Waals surface area contributed by atoms with E-state index < -0.39 is 0 Å². The third-order valence-corrected chi connectivity index (χ3v) is 1.28. The zero-order chi connectivity index (χ0) is 7.56. The van der Waals surface area contributed by atoms with Crippen LogP contribution in [0.2, 0.25) is 0 Å². The van der Waals surface area contributed by atoms with Gasteiger partial charge in [-0.3, -0.25) is 0 Å². The van der Waals surface area contributed by atoms with Crippen LogP contribution in [0.5, 0.6) is 5.75 Å². The van der Waals surface area contributed by atoms with Crippen molar-refractivity contribution in [2.45, 2.75) is 0 Å². The van der Waals surface area contributed by atoms with Gasteiger partial charge in [-0.25, -0.2) is 0 Å². The Morgan fingerprint density at radius 3 is 2.30 bits per heavy atom. The van der Waals surface area contributed by atoms with Crippen molar-refractivity contribution in [3.8, 4) is 5.75 Å². The Labute approximate surface area is 60.6 Å².